The minimum atomic E-state index is -0.742. The number of ketones is 1. The zero-order valence-corrected chi connectivity index (χ0v) is 19.0. The maximum absolute atomic E-state index is 13.1. The lowest BCUT2D eigenvalue weighted by Gasteiger charge is -2.28. The fourth-order valence-electron chi connectivity index (χ4n) is 4.08. The molecule has 7 heteroatoms. The summed E-state index contributed by atoms with van der Waals surface area (Å²) in [5.41, 5.74) is 1.93. The Morgan fingerprint density at radius 3 is 2.31 bits per heavy atom. The molecule has 1 fully saturated rings. The van der Waals surface area contributed by atoms with Gasteiger partial charge in [0.15, 0.2) is 0 Å². The predicted octanol–water partition coefficient (Wildman–Crippen LogP) is 3.47. The smallest absolute Gasteiger partial charge is 0.295 e. The van der Waals surface area contributed by atoms with E-state index in [1.807, 2.05) is 20.8 Å². The molecule has 0 bridgehead atoms. The highest BCUT2D eigenvalue weighted by atomic mass is 16.5. The van der Waals surface area contributed by atoms with Crippen molar-refractivity contribution < 1.29 is 24.5 Å². The van der Waals surface area contributed by atoms with Crippen LogP contribution in [0.4, 0.5) is 0 Å². The molecule has 0 saturated carbocycles. The van der Waals surface area contributed by atoms with Gasteiger partial charge in [-0.1, -0.05) is 26.0 Å². The molecule has 0 spiro atoms. The predicted molar refractivity (Wildman–Crippen MR) is 123 cm³/mol. The highest BCUT2D eigenvalue weighted by Crippen LogP contribution is 2.40. The number of rotatable bonds is 8. The van der Waals surface area contributed by atoms with E-state index >= 15 is 0 Å². The quantitative estimate of drug-likeness (QED) is 0.373. The van der Waals surface area contributed by atoms with Gasteiger partial charge in [0.05, 0.1) is 18.7 Å². The Bertz CT molecular complexity index is 1030. The van der Waals surface area contributed by atoms with E-state index in [1.54, 1.807) is 37.4 Å². The second-order valence-electron chi connectivity index (χ2n) is 7.80. The lowest BCUT2D eigenvalue weighted by atomic mass is 9.94. The van der Waals surface area contributed by atoms with E-state index < -0.39 is 17.7 Å². The van der Waals surface area contributed by atoms with Crippen molar-refractivity contribution in [2.75, 3.05) is 33.3 Å². The number of carbonyl (C=O) groups excluding carboxylic acids is 2. The Kier molecular flexibility index (Phi) is 7.20. The molecular formula is C25H30N2O5. The number of aliphatic hydroxyl groups excluding tert-OH is 1. The Balaban J connectivity index is 2.10. The fraction of sp³-hybridized carbons (Fsp3) is 0.360. The van der Waals surface area contributed by atoms with Crippen molar-refractivity contribution >= 4 is 17.4 Å². The summed E-state index contributed by atoms with van der Waals surface area (Å²) in [4.78, 5) is 29.8. The number of nitrogens with zero attached hydrogens (tertiary/aromatic N) is 2. The number of hydrogen-bond acceptors (Lipinski definition) is 6. The molecule has 1 heterocycles. The topological polar surface area (TPSA) is 90.3 Å². The van der Waals surface area contributed by atoms with Crippen LogP contribution in [0.1, 0.15) is 36.6 Å². The molecule has 1 aliphatic heterocycles. The molecule has 0 radical (unpaired) electrons. The van der Waals surface area contributed by atoms with Crippen LogP contribution in [0.15, 0.2) is 48.0 Å². The lowest BCUT2D eigenvalue weighted by Crippen LogP contribution is -2.38. The molecule has 170 valence electrons. The van der Waals surface area contributed by atoms with Gasteiger partial charge in [-0.05, 0) is 61.5 Å². The van der Waals surface area contributed by atoms with E-state index in [0.29, 0.717) is 30.0 Å². The van der Waals surface area contributed by atoms with Crippen molar-refractivity contribution in [3.63, 3.8) is 0 Å². The van der Waals surface area contributed by atoms with Crippen molar-refractivity contribution in [3.05, 3.63) is 64.7 Å². The molecule has 2 N–H and O–H groups in total. The van der Waals surface area contributed by atoms with Crippen LogP contribution in [0.5, 0.6) is 11.5 Å². The van der Waals surface area contributed by atoms with Gasteiger partial charge < -0.3 is 24.7 Å². The maximum Gasteiger partial charge on any atom is 0.295 e. The average molecular weight is 439 g/mol. The van der Waals surface area contributed by atoms with Crippen molar-refractivity contribution in [2.24, 2.45) is 0 Å². The molecule has 2 aromatic rings. The Labute approximate surface area is 188 Å². The molecule has 0 aromatic heterocycles. The number of hydrogen-bond donors (Lipinski definition) is 2. The van der Waals surface area contributed by atoms with E-state index in [2.05, 4.69) is 4.90 Å². The lowest BCUT2D eigenvalue weighted by molar-refractivity contribution is -0.140. The Morgan fingerprint density at radius 1 is 1.09 bits per heavy atom. The first kappa shape index (κ1) is 23.3. The number of Topliss-reactive ketones (excluding diaryl/α,β-unsaturated/α-hetero) is 1. The molecule has 32 heavy (non-hydrogen) atoms. The number of aromatic hydroxyl groups is 1. The summed E-state index contributed by atoms with van der Waals surface area (Å²) >= 11 is 0. The number of benzene rings is 2. The summed E-state index contributed by atoms with van der Waals surface area (Å²) in [6, 6.07) is 10.7. The molecule has 1 amide bonds. The number of likely N-dealkylation sites (N-methyl/N-ethyl adjacent to an activating group) is 1. The Morgan fingerprint density at radius 2 is 1.75 bits per heavy atom. The molecule has 3 rings (SSSR count). The third kappa shape index (κ3) is 4.48. The number of ether oxygens (including phenoxy) is 1. The standard InChI is InChI=1S/C25H30N2O5/c1-5-26(6-2)13-14-27-22(17-7-10-19(28)11-8-17)21(24(30)25(27)31)23(29)18-9-12-20(32-4)16(3)15-18/h7-12,15,22,28-29H,5-6,13-14H2,1-4H3/b23-21+/t22-/m0/s1. The number of phenols is 1. The number of aryl methyl sites for hydroxylation is 1. The van der Waals surface area contributed by atoms with E-state index in [0.717, 1.165) is 18.7 Å². The van der Waals surface area contributed by atoms with E-state index in [-0.39, 0.29) is 17.1 Å². The second-order valence-corrected chi connectivity index (χ2v) is 7.80. The van der Waals surface area contributed by atoms with Gasteiger partial charge in [0.25, 0.3) is 11.7 Å². The van der Waals surface area contributed by atoms with Crippen molar-refractivity contribution in [2.45, 2.75) is 26.8 Å². The summed E-state index contributed by atoms with van der Waals surface area (Å²) in [7, 11) is 1.56. The van der Waals surface area contributed by atoms with E-state index in [9.17, 15) is 19.8 Å². The first-order valence-electron chi connectivity index (χ1n) is 10.8. The SMILES string of the molecule is CCN(CC)CCN1C(=O)C(=O)/C(=C(/O)c2ccc(OC)c(C)c2)[C@@H]1c1ccc(O)cc1. The van der Waals surface area contributed by atoms with Crippen LogP contribution in [0.2, 0.25) is 0 Å². The van der Waals surface area contributed by atoms with Crippen LogP contribution in [-0.2, 0) is 9.59 Å². The minimum absolute atomic E-state index is 0.0461. The zero-order chi connectivity index (χ0) is 23.4. The summed E-state index contributed by atoms with van der Waals surface area (Å²) in [5, 5.41) is 20.9. The number of carbonyl (C=O) groups is 2. The Hall–Kier alpha value is -3.32. The number of phenolic OH excluding ortho intramolecular Hbond substituents is 1. The molecule has 1 saturated heterocycles. The number of amides is 1. The van der Waals surface area contributed by atoms with Crippen LogP contribution in [0.3, 0.4) is 0 Å². The summed E-state index contributed by atoms with van der Waals surface area (Å²) in [5.74, 6) is -0.830. The normalized spacial score (nSPS) is 17.9. The molecular weight excluding hydrogens is 408 g/mol. The molecule has 2 aromatic carbocycles. The third-order valence-electron chi connectivity index (χ3n) is 5.97. The fourth-order valence-corrected chi connectivity index (χ4v) is 4.08. The first-order chi connectivity index (χ1) is 15.3. The van der Waals surface area contributed by atoms with Crippen LogP contribution in [0.25, 0.3) is 5.76 Å². The van der Waals surface area contributed by atoms with Crippen molar-refractivity contribution in [1.29, 1.82) is 0 Å². The number of likely N-dealkylation sites (tertiary alicyclic amines) is 1. The van der Waals surface area contributed by atoms with Crippen LogP contribution in [0, 0.1) is 6.92 Å². The highest BCUT2D eigenvalue weighted by molar-refractivity contribution is 6.46. The largest absolute Gasteiger partial charge is 0.508 e. The van der Waals surface area contributed by atoms with Gasteiger partial charge in [0.2, 0.25) is 0 Å². The van der Waals surface area contributed by atoms with Gasteiger partial charge >= 0.3 is 0 Å². The summed E-state index contributed by atoms with van der Waals surface area (Å²) < 4.78 is 5.28. The number of methoxy groups -OCH3 is 1. The average Bonchev–Trinajstić information content (AvgIpc) is 3.04. The molecule has 0 aliphatic carbocycles. The number of aliphatic hydroxyl groups is 1. The van der Waals surface area contributed by atoms with Gasteiger partial charge in [-0.15, -0.1) is 0 Å². The highest BCUT2D eigenvalue weighted by Gasteiger charge is 2.46. The molecule has 1 atom stereocenters. The van der Waals surface area contributed by atoms with Gasteiger partial charge in [-0.3, -0.25) is 9.59 Å². The molecule has 0 unspecified atom stereocenters. The van der Waals surface area contributed by atoms with E-state index in [1.165, 1.54) is 17.0 Å². The van der Waals surface area contributed by atoms with Crippen molar-refractivity contribution in [1.82, 2.24) is 9.80 Å². The van der Waals surface area contributed by atoms with Gasteiger partial charge in [0, 0.05) is 18.7 Å². The van der Waals surface area contributed by atoms with Gasteiger partial charge in [0.1, 0.15) is 17.3 Å². The molecule has 1 aliphatic rings. The maximum atomic E-state index is 13.1. The van der Waals surface area contributed by atoms with Crippen molar-refractivity contribution in [3.8, 4) is 11.5 Å². The molecule has 7 nitrogen and oxygen atoms in total. The van der Waals surface area contributed by atoms with Gasteiger partial charge in [-0.25, -0.2) is 0 Å². The third-order valence-corrected chi connectivity index (χ3v) is 5.97. The minimum Gasteiger partial charge on any atom is -0.508 e. The second kappa shape index (κ2) is 9.87. The zero-order valence-electron chi connectivity index (χ0n) is 19.0. The van der Waals surface area contributed by atoms with Crippen LogP contribution in [-0.4, -0.2) is 65.0 Å². The monoisotopic (exact) mass is 438 g/mol. The van der Waals surface area contributed by atoms with Crippen LogP contribution >= 0.6 is 0 Å². The summed E-state index contributed by atoms with van der Waals surface area (Å²) in [6.07, 6.45) is 0. The first-order valence-corrected chi connectivity index (χ1v) is 10.8. The van der Waals surface area contributed by atoms with Crippen LogP contribution < -0.4 is 4.74 Å². The summed E-state index contributed by atoms with van der Waals surface area (Å²) in [6.45, 7) is 8.54. The van der Waals surface area contributed by atoms with Gasteiger partial charge in [-0.2, -0.15) is 0 Å². The van der Waals surface area contributed by atoms with E-state index in [4.69, 9.17) is 4.74 Å².